The smallest absolute Gasteiger partial charge is 0.255 e. The minimum absolute atomic E-state index is 0.0475. The van der Waals surface area contributed by atoms with E-state index < -0.39 is 5.60 Å². The Hall–Kier alpha value is -2.07. The highest BCUT2D eigenvalue weighted by atomic mass is 16.3. The summed E-state index contributed by atoms with van der Waals surface area (Å²) in [6.45, 7) is 2.95. The van der Waals surface area contributed by atoms with Gasteiger partial charge in [0.1, 0.15) is 0 Å². The molecule has 4 heteroatoms. The molecule has 0 aromatic heterocycles. The van der Waals surface area contributed by atoms with Crippen molar-refractivity contribution in [1.29, 1.82) is 0 Å². The highest BCUT2D eigenvalue weighted by Crippen LogP contribution is 2.26. The van der Waals surface area contributed by atoms with Gasteiger partial charge in [-0.2, -0.15) is 0 Å². The molecule has 0 spiro atoms. The second-order valence-electron chi connectivity index (χ2n) is 6.08. The zero-order valence-electron chi connectivity index (χ0n) is 12.2. The zero-order valence-corrected chi connectivity index (χ0v) is 12.2. The number of hydrogen-bond donors (Lipinski definition) is 2. The van der Waals surface area contributed by atoms with Gasteiger partial charge in [-0.25, -0.2) is 0 Å². The van der Waals surface area contributed by atoms with Crippen molar-refractivity contribution in [1.82, 2.24) is 4.90 Å². The normalized spacial score (nSPS) is 17.9. The number of piperidine rings is 1. The number of fused-ring (bicyclic) bond motifs is 1. The van der Waals surface area contributed by atoms with Crippen molar-refractivity contribution in [3.05, 3.63) is 42.0 Å². The van der Waals surface area contributed by atoms with Gasteiger partial charge in [-0.1, -0.05) is 24.3 Å². The molecule has 1 saturated heterocycles. The Balaban J connectivity index is 1.89. The van der Waals surface area contributed by atoms with Gasteiger partial charge in [0.25, 0.3) is 5.91 Å². The van der Waals surface area contributed by atoms with Crippen LogP contribution in [0.5, 0.6) is 0 Å². The third kappa shape index (κ3) is 2.72. The van der Waals surface area contributed by atoms with E-state index in [4.69, 9.17) is 5.73 Å². The molecule has 21 heavy (non-hydrogen) atoms. The summed E-state index contributed by atoms with van der Waals surface area (Å²) in [7, 11) is 0. The summed E-state index contributed by atoms with van der Waals surface area (Å²) in [5.74, 6) is -0.0475. The maximum atomic E-state index is 12.6. The van der Waals surface area contributed by atoms with Crippen LogP contribution < -0.4 is 5.73 Å². The van der Waals surface area contributed by atoms with Crippen LogP contribution in [0.4, 0.5) is 5.69 Å². The lowest BCUT2D eigenvalue weighted by atomic mass is 9.93. The molecule has 0 bridgehead atoms. The number of anilines is 1. The largest absolute Gasteiger partial charge is 0.398 e. The number of likely N-dealkylation sites (tertiary alicyclic amines) is 1. The number of rotatable bonds is 1. The zero-order chi connectivity index (χ0) is 15.0. The summed E-state index contributed by atoms with van der Waals surface area (Å²) in [6, 6.07) is 11.6. The molecule has 1 aliphatic rings. The number of nitrogens with zero attached hydrogens (tertiary/aromatic N) is 1. The predicted molar refractivity (Wildman–Crippen MR) is 84.1 cm³/mol. The molecule has 4 nitrogen and oxygen atoms in total. The number of carbonyl (C=O) groups is 1. The Morgan fingerprint density at radius 1 is 1.19 bits per heavy atom. The van der Waals surface area contributed by atoms with Crippen LogP contribution in [0.1, 0.15) is 30.1 Å². The number of aliphatic hydroxyl groups is 1. The third-order valence-corrected chi connectivity index (χ3v) is 4.28. The molecule has 0 saturated carbocycles. The molecule has 3 rings (SSSR count). The van der Waals surface area contributed by atoms with Crippen LogP contribution in [0.2, 0.25) is 0 Å². The summed E-state index contributed by atoms with van der Waals surface area (Å²) >= 11 is 0. The molecule has 3 N–H and O–H groups in total. The fourth-order valence-electron chi connectivity index (χ4n) is 2.80. The van der Waals surface area contributed by atoms with Gasteiger partial charge < -0.3 is 15.7 Å². The Morgan fingerprint density at radius 2 is 1.76 bits per heavy atom. The maximum absolute atomic E-state index is 12.6. The number of benzene rings is 2. The van der Waals surface area contributed by atoms with Gasteiger partial charge in [-0.05, 0) is 42.7 Å². The van der Waals surface area contributed by atoms with E-state index in [0.29, 0.717) is 37.2 Å². The van der Waals surface area contributed by atoms with Gasteiger partial charge in [0.15, 0.2) is 0 Å². The van der Waals surface area contributed by atoms with Gasteiger partial charge in [-0.15, -0.1) is 0 Å². The number of nitrogens with two attached hydrogens (primary N) is 1. The van der Waals surface area contributed by atoms with Gasteiger partial charge in [0.05, 0.1) is 11.2 Å². The Bertz CT molecular complexity index is 684. The summed E-state index contributed by atoms with van der Waals surface area (Å²) in [6.07, 6.45) is 1.21. The molecule has 1 heterocycles. The second-order valence-corrected chi connectivity index (χ2v) is 6.08. The van der Waals surface area contributed by atoms with E-state index in [1.165, 1.54) is 0 Å². The number of amides is 1. The Labute approximate surface area is 124 Å². The van der Waals surface area contributed by atoms with Crippen LogP contribution in [0.25, 0.3) is 10.8 Å². The Kier molecular flexibility index (Phi) is 3.33. The first kappa shape index (κ1) is 13.9. The van der Waals surface area contributed by atoms with Crippen molar-refractivity contribution in [2.75, 3.05) is 18.8 Å². The van der Waals surface area contributed by atoms with Crippen molar-refractivity contribution in [3.63, 3.8) is 0 Å². The number of hydrogen-bond acceptors (Lipinski definition) is 3. The third-order valence-electron chi connectivity index (χ3n) is 4.28. The minimum atomic E-state index is -0.661. The summed E-state index contributed by atoms with van der Waals surface area (Å²) in [4.78, 5) is 14.4. The molecule has 1 fully saturated rings. The molecule has 2 aromatic carbocycles. The molecule has 1 aliphatic heterocycles. The summed E-state index contributed by atoms with van der Waals surface area (Å²) in [5.41, 5.74) is 6.45. The molecule has 2 aromatic rings. The standard InChI is InChI=1S/C17H20N2O2/c1-17(21)6-8-19(9-7-17)16(20)14-10-12-4-2-3-5-13(12)11-15(14)18/h2-5,10-11,21H,6-9,18H2,1H3. The van der Waals surface area contributed by atoms with Crippen molar-refractivity contribution < 1.29 is 9.90 Å². The SMILES string of the molecule is CC1(O)CCN(C(=O)c2cc3ccccc3cc2N)CC1. The lowest BCUT2D eigenvalue weighted by Crippen LogP contribution is -2.45. The lowest BCUT2D eigenvalue weighted by Gasteiger charge is -2.36. The average molecular weight is 284 g/mol. The molecule has 1 amide bonds. The molecule has 110 valence electrons. The van der Waals surface area contributed by atoms with Crippen molar-refractivity contribution in [2.24, 2.45) is 0 Å². The second kappa shape index (κ2) is 5.04. The van der Waals surface area contributed by atoms with E-state index in [1.54, 1.807) is 4.90 Å². The van der Waals surface area contributed by atoms with E-state index >= 15 is 0 Å². The van der Waals surface area contributed by atoms with Crippen LogP contribution in [0, 0.1) is 0 Å². The first-order chi connectivity index (χ1) is 9.96. The fourth-order valence-corrected chi connectivity index (χ4v) is 2.80. The monoisotopic (exact) mass is 284 g/mol. The maximum Gasteiger partial charge on any atom is 0.255 e. The van der Waals surface area contributed by atoms with E-state index in [1.807, 2.05) is 43.3 Å². The predicted octanol–water partition coefficient (Wildman–Crippen LogP) is 2.41. The van der Waals surface area contributed by atoms with E-state index in [0.717, 1.165) is 10.8 Å². The Morgan fingerprint density at radius 3 is 2.38 bits per heavy atom. The molecular weight excluding hydrogens is 264 g/mol. The van der Waals surface area contributed by atoms with Gasteiger partial charge in [-0.3, -0.25) is 4.79 Å². The molecule has 0 atom stereocenters. The van der Waals surface area contributed by atoms with Crippen molar-refractivity contribution >= 4 is 22.4 Å². The minimum Gasteiger partial charge on any atom is -0.398 e. The lowest BCUT2D eigenvalue weighted by molar-refractivity contribution is -0.00198. The highest BCUT2D eigenvalue weighted by Gasteiger charge is 2.30. The summed E-state index contributed by atoms with van der Waals surface area (Å²) in [5, 5.41) is 12.0. The van der Waals surface area contributed by atoms with E-state index in [-0.39, 0.29) is 5.91 Å². The molecule has 0 radical (unpaired) electrons. The molecule has 0 aliphatic carbocycles. The van der Waals surface area contributed by atoms with Crippen LogP contribution in [-0.4, -0.2) is 34.6 Å². The molecule has 0 unspecified atom stereocenters. The van der Waals surface area contributed by atoms with Crippen molar-refractivity contribution in [3.8, 4) is 0 Å². The first-order valence-corrected chi connectivity index (χ1v) is 7.26. The number of carbonyl (C=O) groups excluding carboxylic acids is 1. The fraction of sp³-hybridized carbons (Fsp3) is 0.353. The van der Waals surface area contributed by atoms with Crippen LogP contribution >= 0.6 is 0 Å². The number of nitrogen functional groups attached to an aromatic ring is 1. The van der Waals surface area contributed by atoms with Crippen LogP contribution in [-0.2, 0) is 0 Å². The van der Waals surface area contributed by atoms with Gasteiger partial charge in [0.2, 0.25) is 0 Å². The first-order valence-electron chi connectivity index (χ1n) is 7.26. The van der Waals surface area contributed by atoms with Crippen molar-refractivity contribution in [2.45, 2.75) is 25.4 Å². The molecular formula is C17H20N2O2. The quantitative estimate of drug-likeness (QED) is 0.790. The topological polar surface area (TPSA) is 66.6 Å². The average Bonchev–Trinajstić information content (AvgIpc) is 2.46. The van der Waals surface area contributed by atoms with E-state index in [2.05, 4.69) is 0 Å². The van der Waals surface area contributed by atoms with Gasteiger partial charge in [0, 0.05) is 18.8 Å². The van der Waals surface area contributed by atoms with Gasteiger partial charge >= 0.3 is 0 Å². The van der Waals surface area contributed by atoms with Crippen LogP contribution in [0.15, 0.2) is 36.4 Å². The summed E-state index contributed by atoms with van der Waals surface area (Å²) < 4.78 is 0. The van der Waals surface area contributed by atoms with E-state index in [9.17, 15) is 9.90 Å². The van der Waals surface area contributed by atoms with Crippen LogP contribution in [0.3, 0.4) is 0 Å². The highest BCUT2D eigenvalue weighted by molar-refractivity contribution is 6.03.